The SMILES string of the molecule is O=C(Nc1nc(CC(=O)N2CCCCCCC2)cs1)c1ccccc1F. The molecule has 3 rings (SSSR count). The van der Waals surface area contributed by atoms with Gasteiger partial charge in [-0.25, -0.2) is 9.37 Å². The Kier molecular flexibility index (Phi) is 6.33. The first kappa shape index (κ1) is 18.5. The van der Waals surface area contributed by atoms with Gasteiger partial charge in [0.1, 0.15) is 5.82 Å². The lowest BCUT2D eigenvalue weighted by atomic mass is 10.1. The number of likely N-dealkylation sites (tertiary alicyclic amines) is 1. The Balaban J connectivity index is 1.58. The minimum absolute atomic E-state index is 0.0269. The molecule has 7 heteroatoms. The third kappa shape index (κ3) is 4.88. The van der Waals surface area contributed by atoms with E-state index in [2.05, 4.69) is 10.3 Å². The second-order valence-corrected chi connectivity index (χ2v) is 7.26. The molecule has 0 spiro atoms. The van der Waals surface area contributed by atoms with Crippen LogP contribution in [0.1, 0.15) is 48.2 Å². The van der Waals surface area contributed by atoms with E-state index in [1.807, 2.05) is 4.90 Å². The number of hydrogen-bond donors (Lipinski definition) is 1. The van der Waals surface area contributed by atoms with Crippen molar-refractivity contribution in [1.82, 2.24) is 9.88 Å². The number of amides is 2. The molecule has 0 bridgehead atoms. The van der Waals surface area contributed by atoms with Crippen LogP contribution in [0.15, 0.2) is 29.6 Å². The van der Waals surface area contributed by atoms with Gasteiger partial charge in [0.25, 0.3) is 5.91 Å². The molecule has 0 radical (unpaired) electrons. The average Bonchev–Trinajstić information content (AvgIpc) is 3.01. The molecule has 1 aliphatic rings. The monoisotopic (exact) mass is 375 g/mol. The van der Waals surface area contributed by atoms with Crippen molar-refractivity contribution in [2.75, 3.05) is 18.4 Å². The van der Waals surface area contributed by atoms with Gasteiger partial charge in [0.05, 0.1) is 17.7 Å². The third-order valence-electron chi connectivity index (χ3n) is 4.43. The second-order valence-electron chi connectivity index (χ2n) is 6.40. The molecule has 1 N–H and O–H groups in total. The summed E-state index contributed by atoms with van der Waals surface area (Å²) in [5.41, 5.74) is 0.604. The molecule has 1 aromatic heterocycles. The highest BCUT2D eigenvalue weighted by molar-refractivity contribution is 7.14. The molecule has 1 aromatic carbocycles. The molecular formula is C19H22FN3O2S. The van der Waals surface area contributed by atoms with Gasteiger partial charge < -0.3 is 4.90 Å². The number of halogens is 1. The number of hydrogen-bond acceptors (Lipinski definition) is 4. The van der Waals surface area contributed by atoms with E-state index in [9.17, 15) is 14.0 Å². The molecule has 1 saturated heterocycles. The normalized spacial score (nSPS) is 15.2. The van der Waals surface area contributed by atoms with Crippen LogP contribution in [0.4, 0.5) is 9.52 Å². The van der Waals surface area contributed by atoms with Crippen molar-refractivity contribution in [3.05, 3.63) is 46.7 Å². The Bertz CT molecular complexity index is 770. The molecule has 0 unspecified atom stereocenters. The number of carbonyl (C=O) groups excluding carboxylic acids is 2. The summed E-state index contributed by atoms with van der Waals surface area (Å²) in [6.45, 7) is 1.61. The summed E-state index contributed by atoms with van der Waals surface area (Å²) >= 11 is 1.24. The van der Waals surface area contributed by atoms with E-state index in [0.717, 1.165) is 25.9 Å². The standard InChI is InChI=1S/C19H22FN3O2S/c20-16-9-5-4-8-15(16)18(25)22-19-21-14(13-26-19)12-17(24)23-10-6-2-1-3-7-11-23/h4-5,8-9,13H,1-3,6-7,10-12H2,(H,21,22,25). The molecule has 5 nitrogen and oxygen atoms in total. The molecule has 2 aromatic rings. The van der Waals surface area contributed by atoms with Crippen LogP contribution < -0.4 is 5.32 Å². The number of aromatic nitrogens is 1. The van der Waals surface area contributed by atoms with E-state index in [4.69, 9.17) is 0 Å². The summed E-state index contributed by atoms with van der Waals surface area (Å²) < 4.78 is 13.7. The lowest BCUT2D eigenvalue weighted by Crippen LogP contribution is -2.35. The fraction of sp³-hybridized carbons (Fsp3) is 0.421. The first-order chi connectivity index (χ1) is 12.6. The summed E-state index contributed by atoms with van der Waals surface area (Å²) in [7, 11) is 0. The Hall–Kier alpha value is -2.28. The minimum atomic E-state index is -0.575. The van der Waals surface area contributed by atoms with Gasteiger partial charge in [-0.05, 0) is 25.0 Å². The van der Waals surface area contributed by atoms with E-state index >= 15 is 0 Å². The molecule has 2 heterocycles. The number of thiazole rings is 1. The van der Waals surface area contributed by atoms with Crippen LogP contribution in [0.2, 0.25) is 0 Å². The van der Waals surface area contributed by atoms with Gasteiger partial charge in [0, 0.05) is 18.5 Å². The molecule has 138 valence electrons. The Labute approximate surface area is 156 Å². The van der Waals surface area contributed by atoms with E-state index in [-0.39, 0.29) is 17.9 Å². The number of nitrogens with zero attached hydrogens (tertiary/aromatic N) is 2. The third-order valence-corrected chi connectivity index (χ3v) is 5.24. The molecule has 1 fully saturated rings. The van der Waals surface area contributed by atoms with Crippen LogP contribution in [-0.4, -0.2) is 34.8 Å². The zero-order valence-electron chi connectivity index (χ0n) is 14.5. The summed E-state index contributed by atoms with van der Waals surface area (Å²) in [5, 5.41) is 4.73. The number of benzene rings is 1. The van der Waals surface area contributed by atoms with Crippen LogP contribution in [0, 0.1) is 5.82 Å². The summed E-state index contributed by atoms with van der Waals surface area (Å²) in [4.78, 5) is 30.8. The van der Waals surface area contributed by atoms with Crippen LogP contribution >= 0.6 is 11.3 Å². The highest BCUT2D eigenvalue weighted by Crippen LogP contribution is 2.19. The zero-order valence-corrected chi connectivity index (χ0v) is 15.4. The lowest BCUT2D eigenvalue weighted by molar-refractivity contribution is -0.130. The number of anilines is 1. The maximum absolute atomic E-state index is 13.7. The van der Waals surface area contributed by atoms with Gasteiger partial charge in [0.2, 0.25) is 5.91 Å². The van der Waals surface area contributed by atoms with Gasteiger partial charge in [-0.1, -0.05) is 31.4 Å². The molecule has 26 heavy (non-hydrogen) atoms. The Morgan fingerprint density at radius 1 is 1.12 bits per heavy atom. The van der Waals surface area contributed by atoms with Gasteiger partial charge in [-0.3, -0.25) is 14.9 Å². The fourth-order valence-electron chi connectivity index (χ4n) is 3.02. The zero-order chi connectivity index (χ0) is 18.4. The molecule has 0 atom stereocenters. The largest absolute Gasteiger partial charge is 0.342 e. The minimum Gasteiger partial charge on any atom is -0.342 e. The van der Waals surface area contributed by atoms with E-state index in [0.29, 0.717) is 10.8 Å². The maximum atomic E-state index is 13.7. The van der Waals surface area contributed by atoms with Crippen LogP contribution in [0.3, 0.4) is 0 Å². The Morgan fingerprint density at radius 3 is 2.54 bits per heavy atom. The highest BCUT2D eigenvalue weighted by atomic mass is 32.1. The van der Waals surface area contributed by atoms with Gasteiger partial charge in [0.15, 0.2) is 5.13 Å². The molecular weight excluding hydrogens is 353 g/mol. The summed E-state index contributed by atoms with van der Waals surface area (Å²) in [6, 6.07) is 5.80. The quantitative estimate of drug-likeness (QED) is 0.882. The van der Waals surface area contributed by atoms with Gasteiger partial charge >= 0.3 is 0 Å². The molecule has 0 aliphatic carbocycles. The lowest BCUT2D eigenvalue weighted by Gasteiger charge is -2.24. The fourth-order valence-corrected chi connectivity index (χ4v) is 3.72. The Morgan fingerprint density at radius 2 is 1.81 bits per heavy atom. The van der Waals surface area contributed by atoms with E-state index in [1.165, 1.54) is 48.8 Å². The average molecular weight is 375 g/mol. The van der Waals surface area contributed by atoms with Crippen LogP contribution in [0.25, 0.3) is 0 Å². The summed E-state index contributed by atoms with van der Waals surface area (Å²) in [6.07, 6.45) is 5.92. The topological polar surface area (TPSA) is 62.3 Å². The van der Waals surface area contributed by atoms with Crippen molar-refractivity contribution >= 4 is 28.3 Å². The van der Waals surface area contributed by atoms with Crippen molar-refractivity contribution < 1.29 is 14.0 Å². The first-order valence-electron chi connectivity index (χ1n) is 8.91. The van der Waals surface area contributed by atoms with Crippen molar-refractivity contribution in [3.8, 4) is 0 Å². The molecule has 0 saturated carbocycles. The van der Waals surface area contributed by atoms with Crippen molar-refractivity contribution in [1.29, 1.82) is 0 Å². The molecule has 1 aliphatic heterocycles. The number of carbonyl (C=O) groups is 2. The smallest absolute Gasteiger partial charge is 0.260 e. The van der Waals surface area contributed by atoms with Crippen molar-refractivity contribution in [3.63, 3.8) is 0 Å². The highest BCUT2D eigenvalue weighted by Gasteiger charge is 2.18. The predicted octanol–water partition coefficient (Wildman–Crippen LogP) is 3.87. The van der Waals surface area contributed by atoms with Crippen LogP contribution in [-0.2, 0) is 11.2 Å². The van der Waals surface area contributed by atoms with Crippen molar-refractivity contribution in [2.24, 2.45) is 0 Å². The number of rotatable bonds is 4. The van der Waals surface area contributed by atoms with Crippen molar-refractivity contribution in [2.45, 2.75) is 38.5 Å². The second kappa shape index (κ2) is 8.89. The van der Waals surface area contributed by atoms with Gasteiger partial charge in [-0.15, -0.1) is 11.3 Å². The van der Waals surface area contributed by atoms with Gasteiger partial charge in [-0.2, -0.15) is 0 Å². The predicted molar refractivity (Wildman–Crippen MR) is 99.8 cm³/mol. The molecule has 2 amide bonds. The maximum Gasteiger partial charge on any atom is 0.260 e. The van der Waals surface area contributed by atoms with E-state index in [1.54, 1.807) is 11.4 Å². The van der Waals surface area contributed by atoms with E-state index < -0.39 is 11.7 Å². The first-order valence-corrected chi connectivity index (χ1v) is 9.79. The van der Waals surface area contributed by atoms with Crippen LogP contribution in [0.5, 0.6) is 0 Å². The number of nitrogens with one attached hydrogen (secondary N) is 1. The summed E-state index contributed by atoms with van der Waals surface area (Å²) in [5.74, 6) is -1.04.